The van der Waals surface area contributed by atoms with E-state index in [4.69, 9.17) is 37.4 Å². The summed E-state index contributed by atoms with van der Waals surface area (Å²) < 4.78 is 15.5. The first-order valence-corrected chi connectivity index (χ1v) is 5.79. The second kappa shape index (κ2) is 7.60. The highest BCUT2D eigenvalue weighted by Gasteiger charge is 2.02. The van der Waals surface area contributed by atoms with Crippen LogP contribution < -0.4 is 9.47 Å². The summed E-state index contributed by atoms with van der Waals surface area (Å²) in [5, 5.41) is 0.539. The van der Waals surface area contributed by atoms with Crippen molar-refractivity contribution >= 4 is 23.2 Å². The Morgan fingerprint density at radius 1 is 1.25 bits per heavy atom. The first-order chi connectivity index (χ1) is 7.77. The molecule has 0 aromatic heterocycles. The number of methoxy groups -OCH3 is 1. The van der Waals surface area contributed by atoms with Crippen LogP contribution in [0.2, 0.25) is 5.02 Å². The number of ether oxygens (including phenoxy) is 3. The Balaban J connectivity index is 2.36. The van der Waals surface area contributed by atoms with Crippen molar-refractivity contribution < 1.29 is 14.2 Å². The summed E-state index contributed by atoms with van der Waals surface area (Å²) in [7, 11) is 1.59. The number of halogens is 2. The van der Waals surface area contributed by atoms with Gasteiger partial charge in [0.25, 0.3) is 0 Å². The number of hydrogen-bond acceptors (Lipinski definition) is 3. The van der Waals surface area contributed by atoms with Gasteiger partial charge >= 0.3 is 0 Å². The van der Waals surface area contributed by atoms with Gasteiger partial charge in [-0.2, -0.15) is 0 Å². The zero-order valence-electron chi connectivity index (χ0n) is 9.04. The van der Waals surface area contributed by atoms with Gasteiger partial charge in [0.15, 0.2) is 0 Å². The van der Waals surface area contributed by atoms with E-state index in [1.54, 1.807) is 25.3 Å². The van der Waals surface area contributed by atoms with Gasteiger partial charge < -0.3 is 14.2 Å². The molecule has 0 aliphatic rings. The Bertz CT molecular complexity index is 318. The second-order valence-corrected chi connectivity index (χ2v) is 3.64. The molecule has 0 spiro atoms. The van der Waals surface area contributed by atoms with E-state index in [-0.39, 0.29) is 6.07 Å². The summed E-state index contributed by atoms with van der Waals surface area (Å²) >= 11 is 11.3. The zero-order chi connectivity index (χ0) is 11.8. The zero-order valence-corrected chi connectivity index (χ0v) is 10.6. The summed E-state index contributed by atoms with van der Waals surface area (Å²) in [6.45, 7) is 1.13. The third kappa shape index (κ3) is 4.47. The molecule has 0 radical (unpaired) electrons. The Labute approximate surface area is 105 Å². The summed E-state index contributed by atoms with van der Waals surface area (Å²) in [6, 6.07) is 5.51. The molecule has 90 valence electrons. The summed E-state index contributed by atoms with van der Waals surface area (Å²) in [6.07, 6.45) is 0.773. The maximum atomic E-state index is 5.99. The number of rotatable bonds is 7. The third-order valence-electron chi connectivity index (χ3n) is 1.91. The van der Waals surface area contributed by atoms with Crippen LogP contribution in [-0.2, 0) is 4.74 Å². The van der Waals surface area contributed by atoms with Crippen LogP contribution in [0.1, 0.15) is 6.42 Å². The lowest BCUT2D eigenvalue weighted by molar-refractivity contribution is 0.157. The summed E-state index contributed by atoms with van der Waals surface area (Å²) in [4.78, 5) is 0. The Morgan fingerprint density at radius 2 is 2.06 bits per heavy atom. The van der Waals surface area contributed by atoms with Crippen molar-refractivity contribution in [1.29, 1.82) is 0 Å². The third-order valence-corrected chi connectivity index (χ3v) is 2.36. The second-order valence-electron chi connectivity index (χ2n) is 3.02. The fourth-order valence-electron chi connectivity index (χ4n) is 1.12. The average molecular weight is 265 g/mol. The minimum absolute atomic E-state index is 0.212. The SMILES string of the molecule is COc1ccc(OCCCOCCl)c(Cl)c1. The number of alkyl halides is 1. The molecule has 0 fully saturated rings. The minimum atomic E-state index is 0.212. The predicted octanol–water partition coefficient (Wildman–Crippen LogP) is 3.33. The van der Waals surface area contributed by atoms with Crippen molar-refractivity contribution in [2.45, 2.75) is 6.42 Å². The van der Waals surface area contributed by atoms with Crippen LogP contribution in [0, 0.1) is 0 Å². The maximum absolute atomic E-state index is 5.99. The lowest BCUT2D eigenvalue weighted by Crippen LogP contribution is -2.02. The highest BCUT2D eigenvalue weighted by molar-refractivity contribution is 6.32. The van der Waals surface area contributed by atoms with Crippen molar-refractivity contribution in [3.8, 4) is 11.5 Å². The van der Waals surface area contributed by atoms with Gasteiger partial charge in [0.2, 0.25) is 0 Å². The van der Waals surface area contributed by atoms with E-state index in [0.717, 1.165) is 6.42 Å². The van der Waals surface area contributed by atoms with Gasteiger partial charge in [-0.05, 0) is 12.1 Å². The molecule has 0 N–H and O–H groups in total. The molecule has 1 aromatic rings. The quantitative estimate of drug-likeness (QED) is 0.559. The van der Waals surface area contributed by atoms with Gasteiger partial charge in [0.1, 0.15) is 17.6 Å². The molecule has 0 amide bonds. The van der Waals surface area contributed by atoms with Crippen LogP contribution >= 0.6 is 23.2 Å². The van der Waals surface area contributed by atoms with Crippen LogP contribution in [0.5, 0.6) is 11.5 Å². The van der Waals surface area contributed by atoms with Gasteiger partial charge in [-0.3, -0.25) is 0 Å². The van der Waals surface area contributed by atoms with E-state index < -0.39 is 0 Å². The first kappa shape index (κ1) is 13.4. The molecule has 1 rings (SSSR count). The fraction of sp³-hybridized carbons (Fsp3) is 0.455. The highest BCUT2D eigenvalue weighted by atomic mass is 35.5. The standard InChI is InChI=1S/C11H14Cl2O3/c1-14-9-3-4-11(10(13)7-9)16-6-2-5-15-8-12/h3-4,7H,2,5-6,8H2,1H3. The van der Waals surface area contributed by atoms with Gasteiger partial charge in [0, 0.05) is 12.5 Å². The molecule has 16 heavy (non-hydrogen) atoms. The molecular weight excluding hydrogens is 251 g/mol. The highest BCUT2D eigenvalue weighted by Crippen LogP contribution is 2.28. The van der Waals surface area contributed by atoms with Crippen LogP contribution in [0.15, 0.2) is 18.2 Å². The first-order valence-electron chi connectivity index (χ1n) is 4.88. The Hall–Kier alpha value is -0.640. The maximum Gasteiger partial charge on any atom is 0.138 e. The summed E-state index contributed by atoms with van der Waals surface area (Å²) in [5.41, 5.74) is 0. The van der Waals surface area contributed by atoms with Gasteiger partial charge in [-0.15, -0.1) is 0 Å². The van der Waals surface area contributed by atoms with Crippen molar-refractivity contribution in [2.75, 3.05) is 26.4 Å². The molecular formula is C11H14Cl2O3. The van der Waals surface area contributed by atoms with Crippen molar-refractivity contribution in [3.63, 3.8) is 0 Å². The molecule has 0 aliphatic heterocycles. The monoisotopic (exact) mass is 264 g/mol. The fourth-order valence-corrected chi connectivity index (χ4v) is 1.46. The van der Waals surface area contributed by atoms with E-state index in [0.29, 0.717) is 29.7 Å². The van der Waals surface area contributed by atoms with E-state index in [9.17, 15) is 0 Å². The smallest absolute Gasteiger partial charge is 0.138 e. The molecule has 0 saturated carbocycles. The van der Waals surface area contributed by atoms with E-state index in [1.165, 1.54) is 0 Å². The molecule has 0 atom stereocenters. The predicted molar refractivity (Wildman–Crippen MR) is 64.8 cm³/mol. The molecule has 0 bridgehead atoms. The molecule has 0 heterocycles. The molecule has 3 nitrogen and oxygen atoms in total. The van der Waals surface area contributed by atoms with E-state index >= 15 is 0 Å². The molecule has 1 aromatic carbocycles. The topological polar surface area (TPSA) is 27.7 Å². The largest absolute Gasteiger partial charge is 0.497 e. The lowest BCUT2D eigenvalue weighted by Gasteiger charge is -2.08. The van der Waals surface area contributed by atoms with Crippen molar-refractivity contribution in [3.05, 3.63) is 23.2 Å². The number of hydrogen-bond donors (Lipinski definition) is 0. The van der Waals surface area contributed by atoms with Crippen LogP contribution in [0.25, 0.3) is 0 Å². The Morgan fingerprint density at radius 3 is 2.69 bits per heavy atom. The van der Waals surface area contributed by atoms with Crippen LogP contribution in [0.4, 0.5) is 0 Å². The summed E-state index contributed by atoms with van der Waals surface area (Å²) in [5.74, 6) is 1.36. The average Bonchev–Trinajstić information content (AvgIpc) is 2.30. The molecule has 0 saturated heterocycles. The van der Waals surface area contributed by atoms with Crippen molar-refractivity contribution in [2.24, 2.45) is 0 Å². The molecule has 0 unspecified atom stereocenters. The number of benzene rings is 1. The normalized spacial score (nSPS) is 10.2. The van der Waals surface area contributed by atoms with Crippen molar-refractivity contribution in [1.82, 2.24) is 0 Å². The van der Waals surface area contributed by atoms with E-state index in [1.807, 2.05) is 0 Å². The molecule has 0 aliphatic carbocycles. The van der Waals surface area contributed by atoms with Gasteiger partial charge in [-0.1, -0.05) is 23.2 Å². The van der Waals surface area contributed by atoms with Gasteiger partial charge in [0.05, 0.1) is 25.3 Å². The molecule has 5 heteroatoms. The lowest BCUT2D eigenvalue weighted by atomic mass is 10.3. The Kier molecular flexibility index (Phi) is 6.38. The van der Waals surface area contributed by atoms with E-state index in [2.05, 4.69) is 0 Å². The minimum Gasteiger partial charge on any atom is -0.497 e. The van der Waals surface area contributed by atoms with Crippen LogP contribution in [-0.4, -0.2) is 26.4 Å². The van der Waals surface area contributed by atoms with Gasteiger partial charge in [-0.25, -0.2) is 0 Å². The van der Waals surface area contributed by atoms with Crippen LogP contribution in [0.3, 0.4) is 0 Å².